The number of anilines is 1. The molecule has 0 aliphatic carbocycles. The molecule has 0 bridgehead atoms. The third kappa shape index (κ3) is 1.81. The van der Waals surface area contributed by atoms with Crippen molar-refractivity contribution in [3.8, 4) is 0 Å². The van der Waals surface area contributed by atoms with Gasteiger partial charge in [0.15, 0.2) is 11.3 Å². The summed E-state index contributed by atoms with van der Waals surface area (Å²) in [5.74, 6) is -0.471. The number of nitrogens with zero attached hydrogens (tertiary/aromatic N) is 2. The van der Waals surface area contributed by atoms with Gasteiger partial charge in [0.2, 0.25) is 0 Å². The summed E-state index contributed by atoms with van der Waals surface area (Å²) < 4.78 is 6.44. The summed E-state index contributed by atoms with van der Waals surface area (Å²) in [6, 6.07) is 1.58. The average molecular weight is 240 g/mol. The third-order valence-corrected chi connectivity index (χ3v) is 2.29. The molecule has 0 fully saturated rings. The number of carbonyl (C=O) groups is 1. The molecule has 84 valence electrons. The molecular formula is C10H10ClN3O2. The maximum atomic E-state index is 11.4. The monoisotopic (exact) mass is 239 g/mol. The van der Waals surface area contributed by atoms with Gasteiger partial charge in [-0.15, -0.1) is 0 Å². The molecule has 0 amide bonds. The van der Waals surface area contributed by atoms with E-state index in [0.717, 1.165) is 0 Å². The van der Waals surface area contributed by atoms with Gasteiger partial charge in [0.05, 0.1) is 11.6 Å². The number of rotatable bonds is 2. The molecule has 0 aliphatic heterocycles. The SMILES string of the molecule is CCOC(=O)c1cn2cc(N)cc(Cl)c2n1. The van der Waals surface area contributed by atoms with E-state index in [9.17, 15) is 4.79 Å². The second-order valence-electron chi connectivity index (χ2n) is 3.20. The van der Waals surface area contributed by atoms with Crippen molar-refractivity contribution in [2.75, 3.05) is 12.3 Å². The van der Waals surface area contributed by atoms with Gasteiger partial charge in [0.25, 0.3) is 0 Å². The molecule has 0 atom stereocenters. The minimum absolute atomic E-state index is 0.217. The normalized spacial score (nSPS) is 10.6. The van der Waals surface area contributed by atoms with Crippen LogP contribution < -0.4 is 5.73 Å². The van der Waals surface area contributed by atoms with Gasteiger partial charge in [-0.05, 0) is 13.0 Å². The lowest BCUT2D eigenvalue weighted by Crippen LogP contribution is -2.04. The highest BCUT2D eigenvalue weighted by Gasteiger charge is 2.13. The molecule has 2 N–H and O–H groups in total. The first-order valence-electron chi connectivity index (χ1n) is 4.72. The van der Waals surface area contributed by atoms with Crippen LogP contribution in [0, 0.1) is 0 Å². The van der Waals surface area contributed by atoms with Crippen LogP contribution in [-0.2, 0) is 4.74 Å². The number of nitrogen functional groups attached to an aromatic ring is 1. The molecular weight excluding hydrogens is 230 g/mol. The Labute approximate surface area is 96.8 Å². The first kappa shape index (κ1) is 10.8. The largest absolute Gasteiger partial charge is 0.461 e. The molecule has 0 radical (unpaired) electrons. The van der Waals surface area contributed by atoms with Gasteiger partial charge in [-0.25, -0.2) is 9.78 Å². The predicted molar refractivity (Wildman–Crippen MR) is 60.6 cm³/mol. The number of pyridine rings is 1. The van der Waals surface area contributed by atoms with Crippen molar-refractivity contribution in [1.82, 2.24) is 9.38 Å². The Morgan fingerprint density at radius 2 is 2.38 bits per heavy atom. The number of esters is 1. The minimum Gasteiger partial charge on any atom is -0.461 e. The Hall–Kier alpha value is -1.75. The summed E-state index contributed by atoms with van der Waals surface area (Å²) >= 11 is 5.94. The number of halogens is 1. The van der Waals surface area contributed by atoms with Crippen LogP contribution >= 0.6 is 11.6 Å². The van der Waals surface area contributed by atoms with Crippen LogP contribution in [0.3, 0.4) is 0 Å². The van der Waals surface area contributed by atoms with Gasteiger partial charge in [0.1, 0.15) is 0 Å². The van der Waals surface area contributed by atoms with E-state index in [1.54, 1.807) is 23.6 Å². The van der Waals surface area contributed by atoms with Gasteiger partial charge in [-0.2, -0.15) is 0 Å². The Bertz CT molecular complexity index is 550. The van der Waals surface area contributed by atoms with Crippen LogP contribution in [0.1, 0.15) is 17.4 Å². The highest BCUT2D eigenvalue weighted by Crippen LogP contribution is 2.20. The van der Waals surface area contributed by atoms with Crippen molar-refractivity contribution in [3.05, 3.63) is 29.2 Å². The molecule has 0 aromatic carbocycles. The van der Waals surface area contributed by atoms with Crippen LogP contribution in [0.2, 0.25) is 5.02 Å². The lowest BCUT2D eigenvalue weighted by molar-refractivity contribution is 0.0520. The van der Waals surface area contributed by atoms with Crippen molar-refractivity contribution in [3.63, 3.8) is 0 Å². The average Bonchev–Trinajstić information content (AvgIpc) is 2.62. The number of nitrogens with two attached hydrogens (primary N) is 1. The summed E-state index contributed by atoms with van der Waals surface area (Å²) in [4.78, 5) is 15.5. The quantitative estimate of drug-likeness (QED) is 0.811. The predicted octanol–water partition coefficient (Wildman–Crippen LogP) is 1.75. The highest BCUT2D eigenvalue weighted by atomic mass is 35.5. The minimum atomic E-state index is -0.471. The van der Waals surface area contributed by atoms with Crippen molar-refractivity contribution in [2.45, 2.75) is 6.92 Å². The topological polar surface area (TPSA) is 69.6 Å². The van der Waals surface area contributed by atoms with Crippen molar-refractivity contribution < 1.29 is 9.53 Å². The number of aromatic nitrogens is 2. The van der Waals surface area contributed by atoms with E-state index >= 15 is 0 Å². The van der Waals surface area contributed by atoms with E-state index in [1.165, 1.54) is 6.20 Å². The lowest BCUT2D eigenvalue weighted by atomic mass is 10.4. The molecule has 2 aromatic heterocycles. The Morgan fingerprint density at radius 1 is 1.62 bits per heavy atom. The standard InChI is InChI=1S/C10H10ClN3O2/c1-2-16-10(15)8-5-14-4-6(12)3-7(11)9(14)13-8/h3-5H,2,12H2,1H3. The zero-order valence-electron chi connectivity index (χ0n) is 8.61. The van der Waals surface area contributed by atoms with E-state index in [2.05, 4.69) is 4.98 Å². The second kappa shape index (κ2) is 4.02. The number of ether oxygens (including phenoxy) is 1. The van der Waals surface area contributed by atoms with Crippen LogP contribution in [0.15, 0.2) is 18.5 Å². The Balaban J connectivity index is 2.51. The molecule has 0 saturated carbocycles. The summed E-state index contributed by atoms with van der Waals surface area (Å²) in [6.07, 6.45) is 3.17. The van der Waals surface area contributed by atoms with E-state index in [1.807, 2.05) is 0 Å². The summed E-state index contributed by atoms with van der Waals surface area (Å²) in [5, 5.41) is 0.399. The van der Waals surface area contributed by atoms with E-state index < -0.39 is 5.97 Å². The molecule has 2 rings (SSSR count). The number of carbonyl (C=O) groups excluding carboxylic acids is 1. The Morgan fingerprint density at radius 3 is 3.06 bits per heavy atom. The van der Waals surface area contributed by atoms with Crippen LogP contribution in [0.25, 0.3) is 5.65 Å². The highest BCUT2D eigenvalue weighted by molar-refractivity contribution is 6.33. The van der Waals surface area contributed by atoms with Crippen LogP contribution in [-0.4, -0.2) is 22.0 Å². The van der Waals surface area contributed by atoms with Gasteiger partial charge in [-0.1, -0.05) is 11.6 Å². The molecule has 5 nitrogen and oxygen atoms in total. The van der Waals surface area contributed by atoms with E-state index in [-0.39, 0.29) is 5.69 Å². The maximum Gasteiger partial charge on any atom is 0.358 e. The summed E-state index contributed by atoms with van der Waals surface area (Å²) in [6.45, 7) is 2.04. The van der Waals surface area contributed by atoms with Crippen molar-refractivity contribution in [2.24, 2.45) is 0 Å². The molecule has 2 heterocycles. The van der Waals surface area contributed by atoms with Crippen LogP contribution in [0.4, 0.5) is 5.69 Å². The maximum absolute atomic E-state index is 11.4. The first-order chi connectivity index (χ1) is 7.61. The fraction of sp³-hybridized carbons (Fsp3) is 0.200. The fourth-order valence-corrected chi connectivity index (χ4v) is 1.65. The molecule has 6 heteroatoms. The van der Waals surface area contributed by atoms with Gasteiger partial charge < -0.3 is 14.9 Å². The number of imidazole rings is 1. The summed E-state index contributed by atoms with van der Waals surface area (Å²) in [7, 11) is 0. The summed E-state index contributed by atoms with van der Waals surface area (Å²) in [5.41, 5.74) is 6.83. The second-order valence-corrected chi connectivity index (χ2v) is 3.61. The van der Waals surface area contributed by atoms with E-state index in [4.69, 9.17) is 22.1 Å². The molecule has 0 saturated heterocycles. The number of hydrogen-bond acceptors (Lipinski definition) is 4. The third-order valence-electron chi connectivity index (χ3n) is 2.01. The lowest BCUT2D eigenvalue weighted by Gasteiger charge is -1.97. The van der Waals surface area contributed by atoms with E-state index in [0.29, 0.717) is 23.0 Å². The molecule has 0 unspecified atom stereocenters. The van der Waals surface area contributed by atoms with Crippen LogP contribution in [0.5, 0.6) is 0 Å². The molecule has 2 aromatic rings. The first-order valence-corrected chi connectivity index (χ1v) is 5.10. The number of hydrogen-bond donors (Lipinski definition) is 1. The van der Waals surface area contributed by atoms with Crippen molar-refractivity contribution in [1.29, 1.82) is 0 Å². The molecule has 16 heavy (non-hydrogen) atoms. The number of fused-ring (bicyclic) bond motifs is 1. The van der Waals surface area contributed by atoms with Crippen molar-refractivity contribution >= 4 is 28.9 Å². The molecule has 0 aliphatic rings. The van der Waals surface area contributed by atoms with Gasteiger partial charge in [0, 0.05) is 18.1 Å². The smallest absolute Gasteiger partial charge is 0.358 e. The Kier molecular flexibility index (Phi) is 2.70. The molecule has 0 spiro atoms. The fourth-order valence-electron chi connectivity index (χ4n) is 1.38. The van der Waals surface area contributed by atoms with Gasteiger partial charge in [-0.3, -0.25) is 0 Å². The van der Waals surface area contributed by atoms with Gasteiger partial charge >= 0.3 is 5.97 Å². The zero-order chi connectivity index (χ0) is 11.7. The zero-order valence-corrected chi connectivity index (χ0v) is 9.36.